The number of aromatic nitrogens is 4. The smallest absolute Gasteiger partial charge is 0.319 e. The van der Waals surface area contributed by atoms with Gasteiger partial charge in [-0.1, -0.05) is 48.5 Å². The number of rotatable bonds is 4. The van der Waals surface area contributed by atoms with Crippen molar-refractivity contribution < 1.29 is 4.79 Å². The summed E-state index contributed by atoms with van der Waals surface area (Å²) in [5.41, 5.74) is 2.92. The first kappa shape index (κ1) is 20.9. The highest BCUT2D eigenvalue weighted by molar-refractivity contribution is 5.88. The van der Waals surface area contributed by atoms with Crippen LogP contribution in [-0.2, 0) is 6.42 Å². The lowest BCUT2D eigenvalue weighted by molar-refractivity contribution is 0.168. The van der Waals surface area contributed by atoms with E-state index in [1.54, 1.807) is 19.0 Å². The highest BCUT2D eigenvalue weighted by atomic mass is 16.2. The molecule has 0 spiro atoms. The van der Waals surface area contributed by atoms with Gasteiger partial charge in [0, 0.05) is 46.7 Å². The summed E-state index contributed by atoms with van der Waals surface area (Å²) < 4.78 is 1.88. The maximum absolute atomic E-state index is 12.4. The number of para-hydroxylation sites is 1. The summed E-state index contributed by atoms with van der Waals surface area (Å²) in [5.74, 6) is 1.64. The highest BCUT2D eigenvalue weighted by Crippen LogP contribution is 2.27. The Kier molecular flexibility index (Phi) is 5.64. The molecule has 0 N–H and O–H groups in total. The molecular weight excluding hydrogens is 414 g/mol. The van der Waals surface area contributed by atoms with Gasteiger partial charge in [-0.2, -0.15) is 5.10 Å². The standard InChI is InChI=1S/C25H27N7O/c1-29(2)25(33)31-15-13-30(14-16-31)23-21-18-26-32(20-11-7-4-8-12-20)24(21)28-22(27-23)17-19-9-5-3-6-10-19/h3-12,18H,13-17H2,1-2H3. The van der Waals surface area contributed by atoms with E-state index in [-0.39, 0.29) is 6.03 Å². The second-order valence-electron chi connectivity index (χ2n) is 8.41. The van der Waals surface area contributed by atoms with Crippen molar-refractivity contribution in [3.8, 4) is 5.69 Å². The van der Waals surface area contributed by atoms with Crippen molar-refractivity contribution in [2.24, 2.45) is 0 Å². The Bertz CT molecular complexity index is 1250. The van der Waals surface area contributed by atoms with Crippen LogP contribution in [0.2, 0.25) is 0 Å². The second-order valence-corrected chi connectivity index (χ2v) is 8.41. The Morgan fingerprint density at radius 3 is 2.24 bits per heavy atom. The lowest BCUT2D eigenvalue weighted by Crippen LogP contribution is -2.51. The number of fused-ring (bicyclic) bond motifs is 1. The number of hydrogen-bond donors (Lipinski definition) is 0. The van der Waals surface area contributed by atoms with Crippen molar-refractivity contribution in [3.05, 3.63) is 78.2 Å². The number of anilines is 1. The van der Waals surface area contributed by atoms with Crippen LogP contribution >= 0.6 is 0 Å². The molecule has 1 aliphatic rings. The molecule has 0 aliphatic carbocycles. The number of urea groups is 1. The summed E-state index contributed by atoms with van der Waals surface area (Å²) in [7, 11) is 3.58. The molecule has 5 rings (SSSR count). The maximum Gasteiger partial charge on any atom is 0.319 e. The van der Waals surface area contributed by atoms with E-state index in [1.165, 1.54) is 0 Å². The second kappa shape index (κ2) is 8.90. The van der Waals surface area contributed by atoms with E-state index in [0.717, 1.165) is 33.9 Å². The summed E-state index contributed by atoms with van der Waals surface area (Å²) in [6.45, 7) is 2.74. The molecule has 3 heterocycles. The molecule has 168 valence electrons. The van der Waals surface area contributed by atoms with Crippen LogP contribution in [0.1, 0.15) is 11.4 Å². The molecule has 0 atom stereocenters. The minimum absolute atomic E-state index is 0.0455. The maximum atomic E-state index is 12.4. The normalized spacial score (nSPS) is 14.0. The number of benzene rings is 2. The molecule has 33 heavy (non-hydrogen) atoms. The van der Waals surface area contributed by atoms with Crippen LogP contribution in [0.25, 0.3) is 16.7 Å². The quantitative estimate of drug-likeness (QED) is 0.486. The topological polar surface area (TPSA) is 70.4 Å². The zero-order valence-electron chi connectivity index (χ0n) is 18.9. The molecule has 1 aliphatic heterocycles. The van der Waals surface area contributed by atoms with Crippen molar-refractivity contribution in [1.82, 2.24) is 29.5 Å². The Labute approximate surface area is 193 Å². The number of nitrogens with zero attached hydrogens (tertiary/aromatic N) is 7. The monoisotopic (exact) mass is 441 g/mol. The number of amides is 2. The molecule has 0 bridgehead atoms. The summed E-state index contributed by atoms with van der Waals surface area (Å²) >= 11 is 0. The number of carbonyl (C=O) groups is 1. The van der Waals surface area contributed by atoms with Gasteiger partial charge in [0.25, 0.3) is 0 Å². The molecule has 1 fully saturated rings. The van der Waals surface area contributed by atoms with Gasteiger partial charge in [0.1, 0.15) is 11.6 Å². The molecule has 1 saturated heterocycles. The average Bonchev–Trinajstić information content (AvgIpc) is 3.28. The minimum atomic E-state index is 0.0455. The average molecular weight is 442 g/mol. The van der Waals surface area contributed by atoms with Crippen LogP contribution in [0.5, 0.6) is 0 Å². The van der Waals surface area contributed by atoms with Gasteiger partial charge in [0.2, 0.25) is 0 Å². The van der Waals surface area contributed by atoms with Gasteiger partial charge in [-0.15, -0.1) is 0 Å². The molecule has 2 amide bonds. The molecule has 0 saturated carbocycles. The molecular formula is C25H27N7O. The molecule has 2 aromatic heterocycles. The molecule has 0 radical (unpaired) electrons. The lowest BCUT2D eigenvalue weighted by atomic mass is 10.1. The SMILES string of the molecule is CN(C)C(=O)N1CCN(c2nc(Cc3ccccc3)nc3c2cnn3-c2ccccc2)CC1. The fourth-order valence-corrected chi connectivity index (χ4v) is 4.19. The van der Waals surface area contributed by atoms with Crippen molar-refractivity contribution in [2.75, 3.05) is 45.2 Å². The fraction of sp³-hybridized carbons (Fsp3) is 0.280. The van der Waals surface area contributed by atoms with E-state index in [4.69, 9.17) is 9.97 Å². The van der Waals surface area contributed by atoms with Crippen LogP contribution < -0.4 is 4.90 Å². The van der Waals surface area contributed by atoms with Gasteiger partial charge in [-0.3, -0.25) is 0 Å². The van der Waals surface area contributed by atoms with E-state index in [1.807, 2.05) is 64.3 Å². The van der Waals surface area contributed by atoms with Gasteiger partial charge in [-0.25, -0.2) is 19.4 Å². The van der Waals surface area contributed by atoms with Crippen LogP contribution in [-0.4, -0.2) is 75.9 Å². The molecule has 0 unspecified atom stereocenters. The fourth-order valence-electron chi connectivity index (χ4n) is 4.19. The Hall–Kier alpha value is -3.94. The largest absolute Gasteiger partial charge is 0.352 e. The zero-order valence-corrected chi connectivity index (χ0v) is 18.9. The third-order valence-electron chi connectivity index (χ3n) is 5.89. The minimum Gasteiger partial charge on any atom is -0.352 e. The molecule has 4 aromatic rings. The highest BCUT2D eigenvalue weighted by Gasteiger charge is 2.25. The summed E-state index contributed by atoms with van der Waals surface area (Å²) in [6.07, 6.45) is 2.49. The van der Waals surface area contributed by atoms with E-state index in [9.17, 15) is 4.79 Å². The van der Waals surface area contributed by atoms with Crippen molar-refractivity contribution in [2.45, 2.75) is 6.42 Å². The Balaban J connectivity index is 1.53. The van der Waals surface area contributed by atoms with Crippen LogP contribution in [0, 0.1) is 0 Å². The third-order valence-corrected chi connectivity index (χ3v) is 5.89. The summed E-state index contributed by atoms with van der Waals surface area (Å²) in [4.78, 5) is 28.0. The molecule has 2 aromatic carbocycles. The number of hydrogen-bond acceptors (Lipinski definition) is 5. The van der Waals surface area contributed by atoms with Gasteiger partial charge >= 0.3 is 6.03 Å². The number of carbonyl (C=O) groups excluding carboxylic acids is 1. The van der Waals surface area contributed by atoms with Crippen LogP contribution in [0.3, 0.4) is 0 Å². The lowest BCUT2D eigenvalue weighted by Gasteiger charge is -2.36. The Morgan fingerprint density at radius 2 is 1.58 bits per heavy atom. The predicted molar refractivity (Wildman–Crippen MR) is 129 cm³/mol. The van der Waals surface area contributed by atoms with Crippen molar-refractivity contribution in [1.29, 1.82) is 0 Å². The van der Waals surface area contributed by atoms with E-state index in [2.05, 4.69) is 22.1 Å². The van der Waals surface area contributed by atoms with E-state index >= 15 is 0 Å². The summed E-state index contributed by atoms with van der Waals surface area (Å²) in [6, 6.07) is 20.3. The van der Waals surface area contributed by atoms with Crippen molar-refractivity contribution >= 4 is 22.9 Å². The molecule has 8 heteroatoms. The summed E-state index contributed by atoms with van der Waals surface area (Å²) in [5, 5.41) is 5.57. The van der Waals surface area contributed by atoms with Crippen molar-refractivity contribution in [3.63, 3.8) is 0 Å². The van der Waals surface area contributed by atoms with E-state index < -0.39 is 0 Å². The van der Waals surface area contributed by atoms with Gasteiger partial charge in [0.15, 0.2) is 5.65 Å². The predicted octanol–water partition coefficient (Wildman–Crippen LogP) is 3.21. The van der Waals surface area contributed by atoms with Gasteiger partial charge in [-0.05, 0) is 17.7 Å². The molecule has 8 nitrogen and oxygen atoms in total. The number of piperazine rings is 1. The Morgan fingerprint density at radius 1 is 0.909 bits per heavy atom. The van der Waals surface area contributed by atoms with Gasteiger partial charge < -0.3 is 14.7 Å². The van der Waals surface area contributed by atoms with E-state index in [0.29, 0.717) is 32.6 Å². The van der Waals surface area contributed by atoms with Crippen LogP contribution in [0.4, 0.5) is 10.6 Å². The first-order chi connectivity index (χ1) is 16.1. The first-order valence-electron chi connectivity index (χ1n) is 11.2. The first-order valence-corrected chi connectivity index (χ1v) is 11.2. The van der Waals surface area contributed by atoms with Gasteiger partial charge in [0.05, 0.1) is 17.3 Å². The third kappa shape index (κ3) is 4.24. The zero-order chi connectivity index (χ0) is 22.8. The van der Waals surface area contributed by atoms with Crippen LogP contribution in [0.15, 0.2) is 66.9 Å².